The number of anilines is 2. The Balaban J connectivity index is 1.95. The van der Waals surface area contributed by atoms with Crippen molar-refractivity contribution in [1.29, 1.82) is 0 Å². The van der Waals surface area contributed by atoms with E-state index in [1.165, 1.54) is 0 Å². The van der Waals surface area contributed by atoms with Crippen LogP contribution in [0.15, 0.2) is 36.8 Å². The summed E-state index contributed by atoms with van der Waals surface area (Å²) in [5, 5.41) is 9.41. The molecule has 1 aromatic carbocycles. The molecule has 2 heterocycles. The van der Waals surface area contributed by atoms with Crippen LogP contribution in [0.4, 0.5) is 11.5 Å². The molecule has 0 saturated carbocycles. The van der Waals surface area contributed by atoms with Gasteiger partial charge in [0.05, 0.1) is 11.1 Å². The summed E-state index contributed by atoms with van der Waals surface area (Å²) in [5.41, 5.74) is 4.69. The van der Waals surface area contributed by atoms with Gasteiger partial charge in [-0.05, 0) is 63.8 Å². The van der Waals surface area contributed by atoms with Crippen LogP contribution < -0.4 is 16.0 Å². The lowest BCUT2D eigenvalue weighted by Crippen LogP contribution is -2.32. The second-order valence-corrected chi connectivity index (χ2v) is 8.42. The molecule has 0 fully saturated rings. The Morgan fingerprint density at radius 3 is 2.34 bits per heavy atom. The Labute approximate surface area is 189 Å². The maximum atomic E-state index is 12.8. The van der Waals surface area contributed by atoms with E-state index in [0.29, 0.717) is 16.9 Å². The molecule has 2 amide bonds. The first kappa shape index (κ1) is 23.3. The van der Waals surface area contributed by atoms with Crippen LogP contribution in [0.5, 0.6) is 0 Å². The topological polar surface area (TPSA) is 87.5 Å². The van der Waals surface area contributed by atoms with E-state index in [1.54, 1.807) is 6.20 Å². The third-order valence-corrected chi connectivity index (χ3v) is 5.92. The van der Waals surface area contributed by atoms with Gasteiger partial charge in [0, 0.05) is 41.9 Å². The average molecular weight is 436 g/mol. The molecule has 0 radical (unpaired) electrons. The normalized spacial score (nSPS) is 12.9. The van der Waals surface area contributed by atoms with Crippen LogP contribution in [-0.4, -0.2) is 33.3 Å². The van der Waals surface area contributed by atoms with Crippen molar-refractivity contribution in [3.05, 3.63) is 59.0 Å². The number of amides is 2. The van der Waals surface area contributed by atoms with Crippen LogP contribution in [0.25, 0.3) is 5.52 Å². The van der Waals surface area contributed by atoms with E-state index in [9.17, 15) is 9.59 Å². The lowest BCUT2D eigenvalue weighted by Gasteiger charge is -2.15. The van der Waals surface area contributed by atoms with E-state index in [2.05, 4.69) is 20.9 Å². The lowest BCUT2D eigenvalue weighted by atomic mass is 10.1. The summed E-state index contributed by atoms with van der Waals surface area (Å²) < 4.78 is 1.91. The molecular formula is C25H33N5O2. The zero-order valence-electron chi connectivity index (χ0n) is 19.7. The van der Waals surface area contributed by atoms with Crippen LogP contribution in [-0.2, 0) is 0 Å². The van der Waals surface area contributed by atoms with Crippen LogP contribution >= 0.6 is 0 Å². The Hall–Kier alpha value is -3.35. The van der Waals surface area contributed by atoms with Crippen LogP contribution in [0, 0.1) is 13.8 Å². The molecule has 2 atom stereocenters. The predicted octanol–water partition coefficient (Wildman–Crippen LogP) is 4.75. The summed E-state index contributed by atoms with van der Waals surface area (Å²) in [6.07, 6.45) is 7.09. The first-order chi connectivity index (χ1) is 15.2. The van der Waals surface area contributed by atoms with Gasteiger partial charge in [-0.25, -0.2) is 4.98 Å². The minimum absolute atomic E-state index is 0.0913. The van der Waals surface area contributed by atoms with E-state index in [4.69, 9.17) is 0 Å². The first-order valence-electron chi connectivity index (χ1n) is 11.2. The van der Waals surface area contributed by atoms with Gasteiger partial charge in [0.25, 0.3) is 11.8 Å². The maximum absolute atomic E-state index is 12.8. The van der Waals surface area contributed by atoms with Crippen LogP contribution in [0.2, 0.25) is 0 Å². The standard InChI is InChI=1S/C25H33N5O2/c1-7-16(4)27-24(31)19-10-9-15(3)21(13-19)29-23-22-18(6)20(14-30(22)12-11-26-23)25(32)28-17(5)8-2/h9-14,16-17H,7-8H2,1-6H3,(H,26,29)(H,27,31)(H,28,32)/t16-,17+/m1/s1. The fourth-order valence-corrected chi connectivity index (χ4v) is 3.44. The Morgan fingerprint density at radius 1 is 1.03 bits per heavy atom. The van der Waals surface area contributed by atoms with Crippen molar-refractivity contribution in [1.82, 2.24) is 20.0 Å². The average Bonchev–Trinajstić information content (AvgIpc) is 3.12. The second-order valence-electron chi connectivity index (χ2n) is 8.42. The molecule has 170 valence electrons. The van der Waals surface area contributed by atoms with Crippen LogP contribution in [0.1, 0.15) is 72.4 Å². The SMILES string of the molecule is CC[C@@H](C)NC(=O)c1ccc(C)c(Nc2nccn3cc(C(=O)N[C@@H](C)CC)c(C)c23)c1. The van der Waals surface area contributed by atoms with E-state index in [1.807, 2.05) is 76.5 Å². The highest BCUT2D eigenvalue weighted by molar-refractivity contribution is 5.99. The number of fused-ring (bicyclic) bond motifs is 1. The third-order valence-electron chi connectivity index (χ3n) is 5.92. The summed E-state index contributed by atoms with van der Waals surface area (Å²) >= 11 is 0. The molecule has 0 spiro atoms. The molecule has 7 nitrogen and oxygen atoms in total. The molecule has 0 aliphatic heterocycles. The van der Waals surface area contributed by atoms with Crippen LogP contribution in [0.3, 0.4) is 0 Å². The zero-order valence-corrected chi connectivity index (χ0v) is 19.7. The largest absolute Gasteiger partial charge is 0.350 e. The maximum Gasteiger partial charge on any atom is 0.253 e. The molecule has 32 heavy (non-hydrogen) atoms. The van der Waals surface area contributed by atoms with Crippen molar-refractivity contribution in [2.24, 2.45) is 0 Å². The molecule has 3 rings (SSSR count). The number of benzene rings is 1. The number of hydrogen-bond acceptors (Lipinski definition) is 4. The van der Waals surface area contributed by atoms with Gasteiger partial charge in [0.1, 0.15) is 0 Å². The summed E-state index contributed by atoms with van der Waals surface area (Å²) in [7, 11) is 0. The quantitative estimate of drug-likeness (QED) is 0.476. The molecule has 3 aromatic rings. The molecule has 7 heteroatoms. The van der Waals surface area contributed by atoms with Gasteiger partial charge in [-0.15, -0.1) is 0 Å². The molecule has 0 aliphatic carbocycles. The van der Waals surface area contributed by atoms with Crippen molar-refractivity contribution in [2.75, 3.05) is 5.32 Å². The monoisotopic (exact) mass is 435 g/mol. The highest BCUT2D eigenvalue weighted by atomic mass is 16.2. The first-order valence-corrected chi connectivity index (χ1v) is 11.2. The zero-order chi connectivity index (χ0) is 23.4. The summed E-state index contributed by atoms with van der Waals surface area (Å²) in [6, 6.07) is 5.80. The number of nitrogens with zero attached hydrogens (tertiary/aromatic N) is 2. The van der Waals surface area contributed by atoms with E-state index >= 15 is 0 Å². The smallest absolute Gasteiger partial charge is 0.253 e. The Kier molecular flexibility index (Phi) is 7.18. The van der Waals surface area contributed by atoms with Gasteiger partial charge >= 0.3 is 0 Å². The van der Waals surface area contributed by atoms with Gasteiger partial charge in [0.15, 0.2) is 5.82 Å². The van der Waals surface area contributed by atoms with Crippen molar-refractivity contribution in [2.45, 2.75) is 66.5 Å². The molecule has 2 aromatic heterocycles. The fourth-order valence-electron chi connectivity index (χ4n) is 3.44. The number of rotatable bonds is 8. The minimum Gasteiger partial charge on any atom is -0.350 e. The molecule has 3 N–H and O–H groups in total. The molecule has 0 unspecified atom stereocenters. The van der Waals surface area contributed by atoms with Crippen molar-refractivity contribution < 1.29 is 9.59 Å². The summed E-state index contributed by atoms with van der Waals surface area (Å²) in [5.74, 6) is 0.443. The van der Waals surface area contributed by atoms with E-state index in [-0.39, 0.29) is 23.9 Å². The number of carbonyl (C=O) groups excluding carboxylic acids is 2. The highest BCUT2D eigenvalue weighted by Gasteiger charge is 2.19. The van der Waals surface area contributed by atoms with Gasteiger partial charge in [-0.1, -0.05) is 19.9 Å². The van der Waals surface area contributed by atoms with E-state index in [0.717, 1.165) is 35.2 Å². The number of hydrogen-bond donors (Lipinski definition) is 3. The number of carbonyl (C=O) groups is 2. The van der Waals surface area contributed by atoms with Gasteiger partial charge in [-0.3, -0.25) is 9.59 Å². The van der Waals surface area contributed by atoms with Crippen molar-refractivity contribution >= 4 is 28.8 Å². The number of nitrogens with one attached hydrogen (secondary N) is 3. The second kappa shape index (κ2) is 9.85. The Bertz CT molecular complexity index is 1130. The van der Waals surface area contributed by atoms with Gasteiger partial charge < -0.3 is 20.4 Å². The minimum atomic E-state index is -0.101. The van der Waals surface area contributed by atoms with Crippen molar-refractivity contribution in [3.63, 3.8) is 0 Å². The lowest BCUT2D eigenvalue weighted by molar-refractivity contribution is 0.0930. The highest BCUT2D eigenvalue weighted by Crippen LogP contribution is 2.28. The number of aryl methyl sites for hydroxylation is 2. The van der Waals surface area contributed by atoms with Crippen molar-refractivity contribution in [3.8, 4) is 0 Å². The summed E-state index contributed by atoms with van der Waals surface area (Å²) in [6.45, 7) is 12.0. The van der Waals surface area contributed by atoms with Gasteiger partial charge in [0.2, 0.25) is 0 Å². The third kappa shape index (κ3) is 4.93. The molecule has 0 aliphatic rings. The molecule has 0 bridgehead atoms. The number of aromatic nitrogens is 2. The summed E-state index contributed by atoms with van der Waals surface area (Å²) in [4.78, 5) is 29.9. The van der Waals surface area contributed by atoms with E-state index < -0.39 is 0 Å². The molecule has 0 saturated heterocycles. The fraction of sp³-hybridized carbons (Fsp3) is 0.400. The van der Waals surface area contributed by atoms with Gasteiger partial charge in [-0.2, -0.15) is 0 Å². The predicted molar refractivity (Wildman–Crippen MR) is 129 cm³/mol. The molecular weight excluding hydrogens is 402 g/mol. The Morgan fingerprint density at radius 2 is 1.69 bits per heavy atom.